The number of allylic oxidation sites excluding steroid dienone is 4. The molecule has 0 saturated carbocycles. The average molecular weight is 307 g/mol. The molecule has 0 fully saturated rings. The molecule has 1 aliphatic rings. The van der Waals surface area contributed by atoms with Crippen molar-refractivity contribution in [2.45, 2.75) is 11.8 Å². The van der Waals surface area contributed by atoms with Gasteiger partial charge in [0.05, 0.1) is 7.11 Å². The average Bonchev–Trinajstić information content (AvgIpc) is 2.46. The normalized spacial score (nSPS) is 16.8. The van der Waals surface area contributed by atoms with Crippen LogP contribution < -0.4 is 4.74 Å². The molecule has 2 rings (SSSR count). The van der Waals surface area contributed by atoms with Gasteiger partial charge in [-0.2, -0.15) is 8.42 Å². The zero-order chi connectivity index (χ0) is 15.5. The van der Waals surface area contributed by atoms with Gasteiger partial charge in [-0.05, 0) is 55.0 Å². The first-order valence-corrected chi connectivity index (χ1v) is 7.39. The molecule has 0 radical (unpaired) electrons. The lowest BCUT2D eigenvalue weighted by Gasteiger charge is -2.06. The SMILES string of the molecule is COc1ccc(S(=O)(=O)O/N=C2/C=CC(=O)C=C2C)cc1. The van der Waals surface area contributed by atoms with Crippen molar-refractivity contribution >= 4 is 21.6 Å². The molecule has 1 aromatic rings. The second-order valence-corrected chi connectivity index (χ2v) is 5.77. The fourth-order valence-electron chi connectivity index (χ4n) is 1.61. The first-order valence-electron chi connectivity index (χ1n) is 5.99. The summed E-state index contributed by atoms with van der Waals surface area (Å²) in [5, 5.41) is 3.58. The Balaban J connectivity index is 2.20. The van der Waals surface area contributed by atoms with Crippen molar-refractivity contribution in [3.8, 4) is 5.75 Å². The second kappa shape index (κ2) is 5.92. The number of carbonyl (C=O) groups is 1. The van der Waals surface area contributed by atoms with Crippen LogP contribution in [0, 0.1) is 0 Å². The summed E-state index contributed by atoms with van der Waals surface area (Å²) in [5.74, 6) is 0.359. The van der Waals surface area contributed by atoms with Gasteiger partial charge < -0.3 is 4.74 Å². The van der Waals surface area contributed by atoms with Crippen molar-refractivity contribution < 1.29 is 22.2 Å². The van der Waals surface area contributed by atoms with Crippen molar-refractivity contribution in [2.75, 3.05) is 7.11 Å². The third-order valence-corrected chi connectivity index (χ3v) is 3.87. The standard InChI is InChI=1S/C14H13NO5S/c1-10-9-11(16)3-8-14(10)15-20-21(17,18)13-6-4-12(19-2)5-7-13/h3-9H,1-2H3/b15-14-. The van der Waals surface area contributed by atoms with Gasteiger partial charge >= 0.3 is 10.1 Å². The molecule has 7 heteroatoms. The number of rotatable bonds is 4. The maximum Gasteiger partial charge on any atom is 0.358 e. The van der Waals surface area contributed by atoms with E-state index in [2.05, 4.69) is 9.44 Å². The van der Waals surface area contributed by atoms with Crippen molar-refractivity contribution in [3.05, 3.63) is 48.1 Å². The summed E-state index contributed by atoms with van der Waals surface area (Å²) in [5.41, 5.74) is 0.819. The molecule has 21 heavy (non-hydrogen) atoms. The summed E-state index contributed by atoms with van der Waals surface area (Å²) in [6.07, 6.45) is 4.04. The fourth-order valence-corrected chi connectivity index (χ4v) is 2.34. The number of nitrogens with zero attached hydrogens (tertiary/aromatic N) is 1. The van der Waals surface area contributed by atoms with Crippen LogP contribution in [0.15, 0.2) is 58.1 Å². The molecule has 1 aromatic carbocycles. The third-order valence-electron chi connectivity index (χ3n) is 2.75. The quantitative estimate of drug-likeness (QED) is 0.626. The summed E-state index contributed by atoms with van der Waals surface area (Å²) in [7, 11) is -2.53. The molecule has 0 spiro atoms. The van der Waals surface area contributed by atoms with E-state index in [-0.39, 0.29) is 16.4 Å². The molecule has 0 aliphatic heterocycles. The molecule has 0 aromatic heterocycles. The van der Waals surface area contributed by atoms with Gasteiger partial charge in [-0.15, -0.1) is 0 Å². The third kappa shape index (κ3) is 3.57. The Morgan fingerprint density at radius 3 is 2.33 bits per heavy atom. The Bertz CT molecular complexity index is 742. The Kier molecular flexibility index (Phi) is 4.23. The molecule has 0 unspecified atom stereocenters. The van der Waals surface area contributed by atoms with Crippen molar-refractivity contribution in [2.24, 2.45) is 5.16 Å². The Morgan fingerprint density at radius 1 is 1.10 bits per heavy atom. The monoisotopic (exact) mass is 307 g/mol. The molecule has 110 valence electrons. The van der Waals surface area contributed by atoms with E-state index in [1.54, 1.807) is 6.92 Å². The van der Waals surface area contributed by atoms with E-state index in [0.29, 0.717) is 11.3 Å². The molecule has 1 aliphatic carbocycles. The minimum absolute atomic E-state index is 0.0369. The minimum Gasteiger partial charge on any atom is -0.497 e. The van der Waals surface area contributed by atoms with Gasteiger partial charge in [0.2, 0.25) is 0 Å². The number of hydrogen-bond acceptors (Lipinski definition) is 6. The number of ketones is 1. The van der Waals surface area contributed by atoms with Gasteiger partial charge in [-0.25, -0.2) is 0 Å². The number of hydrogen-bond donors (Lipinski definition) is 0. The lowest BCUT2D eigenvalue weighted by Crippen LogP contribution is -2.09. The second-order valence-electron chi connectivity index (χ2n) is 4.24. The highest BCUT2D eigenvalue weighted by Crippen LogP contribution is 2.18. The zero-order valence-electron chi connectivity index (χ0n) is 11.4. The van der Waals surface area contributed by atoms with Gasteiger partial charge in [0.1, 0.15) is 16.4 Å². The molecule has 0 saturated heterocycles. The van der Waals surface area contributed by atoms with Crippen LogP contribution in [0.2, 0.25) is 0 Å². The highest BCUT2D eigenvalue weighted by atomic mass is 32.2. The van der Waals surface area contributed by atoms with Gasteiger partial charge in [0.15, 0.2) is 5.78 Å². The first-order chi connectivity index (χ1) is 9.92. The number of methoxy groups -OCH3 is 1. The molecule has 0 amide bonds. The molecule has 0 N–H and O–H groups in total. The van der Waals surface area contributed by atoms with E-state index in [0.717, 1.165) is 0 Å². The van der Waals surface area contributed by atoms with Gasteiger partial charge in [-0.3, -0.25) is 9.08 Å². The highest BCUT2D eigenvalue weighted by Gasteiger charge is 2.17. The summed E-state index contributed by atoms with van der Waals surface area (Å²) in [6, 6.07) is 5.73. The summed E-state index contributed by atoms with van der Waals surface area (Å²) in [4.78, 5) is 11.1. The maximum absolute atomic E-state index is 12.0. The molecular weight excluding hydrogens is 294 g/mol. The van der Waals surface area contributed by atoms with Crippen molar-refractivity contribution in [1.29, 1.82) is 0 Å². The van der Waals surface area contributed by atoms with Crippen LogP contribution in [0.5, 0.6) is 5.75 Å². The molecular formula is C14H13NO5S. The molecule has 6 nitrogen and oxygen atoms in total. The minimum atomic E-state index is -4.01. The van der Waals surface area contributed by atoms with Crippen molar-refractivity contribution in [3.63, 3.8) is 0 Å². The van der Waals surface area contributed by atoms with Crippen molar-refractivity contribution in [1.82, 2.24) is 0 Å². The molecule has 0 atom stereocenters. The predicted molar refractivity (Wildman–Crippen MR) is 76.6 cm³/mol. The van der Waals surface area contributed by atoms with E-state index in [1.165, 1.54) is 49.6 Å². The van der Waals surface area contributed by atoms with Crippen LogP contribution in [0.3, 0.4) is 0 Å². The summed E-state index contributed by atoms with van der Waals surface area (Å²) >= 11 is 0. The number of benzene rings is 1. The Labute approximate surface area is 122 Å². The lowest BCUT2D eigenvalue weighted by atomic mass is 10.1. The van der Waals surface area contributed by atoms with Crippen LogP contribution in [0.25, 0.3) is 0 Å². The molecule has 0 heterocycles. The van der Waals surface area contributed by atoms with Crippen LogP contribution in [-0.2, 0) is 19.2 Å². The van der Waals surface area contributed by atoms with Crippen LogP contribution in [0.1, 0.15) is 6.92 Å². The highest BCUT2D eigenvalue weighted by molar-refractivity contribution is 7.86. The van der Waals surface area contributed by atoms with Crippen LogP contribution >= 0.6 is 0 Å². The Morgan fingerprint density at radius 2 is 1.76 bits per heavy atom. The Hall–Kier alpha value is -2.41. The number of ether oxygens (including phenoxy) is 1. The van der Waals surface area contributed by atoms with E-state index < -0.39 is 10.1 Å². The van der Waals surface area contributed by atoms with Crippen LogP contribution in [-0.4, -0.2) is 27.0 Å². The first kappa shape index (κ1) is 15.0. The van der Waals surface area contributed by atoms with Gasteiger partial charge in [0, 0.05) is 0 Å². The van der Waals surface area contributed by atoms with Gasteiger partial charge in [0.25, 0.3) is 0 Å². The van der Waals surface area contributed by atoms with E-state index >= 15 is 0 Å². The van der Waals surface area contributed by atoms with Gasteiger partial charge in [-0.1, -0.05) is 5.16 Å². The summed E-state index contributed by atoms with van der Waals surface area (Å²) in [6.45, 7) is 1.64. The largest absolute Gasteiger partial charge is 0.497 e. The molecule has 0 bridgehead atoms. The smallest absolute Gasteiger partial charge is 0.358 e. The fraction of sp³-hybridized carbons (Fsp3) is 0.143. The van der Waals surface area contributed by atoms with Crippen LogP contribution in [0.4, 0.5) is 0 Å². The topological polar surface area (TPSA) is 82.0 Å². The number of carbonyl (C=O) groups excluding carboxylic acids is 1. The van der Waals surface area contributed by atoms with E-state index in [4.69, 9.17) is 4.74 Å². The summed E-state index contributed by atoms with van der Waals surface area (Å²) < 4.78 is 33.5. The lowest BCUT2D eigenvalue weighted by molar-refractivity contribution is -0.110. The number of oxime groups is 1. The predicted octanol–water partition coefficient (Wildman–Crippen LogP) is 1.84. The maximum atomic E-state index is 12.0. The van der Waals surface area contributed by atoms with E-state index in [9.17, 15) is 13.2 Å². The van der Waals surface area contributed by atoms with E-state index in [1.807, 2.05) is 0 Å². The zero-order valence-corrected chi connectivity index (χ0v) is 12.3.